The maximum Gasteiger partial charge on any atom is 0.243 e. The van der Waals surface area contributed by atoms with E-state index in [1.165, 1.54) is 0 Å². The van der Waals surface area contributed by atoms with Crippen LogP contribution in [0.15, 0.2) is 41.3 Å². The summed E-state index contributed by atoms with van der Waals surface area (Å²) in [5.74, 6) is 2.96. The second-order valence-corrected chi connectivity index (χ2v) is 10.0. The van der Waals surface area contributed by atoms with Crippen LogP contribution in [0.2, 0.25) is 0 Å². The molecule has 0 aromatic heterocycles. The molecule has 0 amide bonds. The molecule has 2 aliphatic heterocycles. The van der Waals surface area contributed by atoms with Crippen LogP contribution in [0.1, 0.15) is 22.8 Å². The highest BCUT2D eigenvalue weighted by molar-refractivity contribution is 7.99. The lowest BCUT2D eigenvalue weighted by Gasteiger charge is -2.20. The lowest BCUT2D eigenvalue weighted by atomic mass is 10.1. The van der Waals surface area contributed by atoms with Crippen LogP contribution in [0, 0.1) is 6.92 Å². The summed E-state index contributed by atoms with van der Waals surface area (Å²) in [5.41, 5.74) is 1.96. The Hall–Kier alpha value is -1.90. The molecule has 28 heavy (non-hydrogen) atoms. The van der Waals surface area contributed by atoms with Crippen molar-refractivity contribution in [2.75, 3.05) is 32.7 Å². The molecule has 0 radical (unpaired) electrons. The lowest BCUT2D eigenvalue weighted by molar-refractivity contribution is 0.174. The SMILES string of the molecule is COc1ccc(S(=O)(=O)N2CCSC(c3ccc4c(c3)OCO4)CC2)cc1C. The van der Waals surface area contributed by atoms with Gasteiger partial charge in [0.05, 0.1) is 12.0 Å². The summed E-state index contributed by atoms with van der Waals surface area (Å²) in [6, 6.07) is 11.0. The predicted octanol–water partition coefficient (Wildman–Crippen LogP) is 3.60. The summed E-state index contributed by atoms with van der Waals surface area (Å²) in [6.07, 6.45) is 0.749. The number of nitrogens with zero attached hydrogens (tertiary/aromatic N) is 1. The number of sulfonamides is 1. The molecule has 1 fully saturated rings. The minimum atomic E-state index is -3.53. The van der Waals surface area contributed by atoms with Gasteiger partial charge >= 0.3 is 0 Å². The van der Waals surface area contributed by atoms with E-state index < -0.39 is 10.0 Å². The average Bonchev–Trinajstić information content (AvgIpc) is 3.01. The van der Waals surface area contributed by atoms with Crippen molar-refractivity contribution in [2.24, 2.45) is 0 Å². The van der Waals surface area contributed by atoms with E-state index in [0.29, 0.717) is 23.7 Å². The zero-order valence-corrected chi connectivity index (χ0v) is 17.5. The molecule has 0 spiro atoms. The molecule has 2 aliphatic rings. The first kappa shape index (κ1) is 19.4. The lowest BCUT2D eigenvalue weighted by Crippen LogP contribution is -2.33. The number of benzene rings is 2. The second kappa shape index (κ2) is 7.85. The molecule has 0 N–H and O–H groups in total. The van der Waals surface area contributed by atoms with Gasteiger partial charge in [-0.15, -0.1) is 0 Å². The fourth-order valence-electron chi connectivity index (χ4n) is 3.53. The Morgan fingerprint density at radius 3 is 2.71 bits per heavy atom. The number of ether oxygens (including phenoxy) is 3. The smallest absolute Gasteiger partial charge is 0.243 e. The number of hydrogen-bond acceptors (Lipinski definition) is 6. The first-order valence-electron chi connectivity index (χ1n) is 9.15. The van der Waals surface area contributed by atoms with Crippen molar-refractivity contribution in [3.63, 3.8) is 0 Å². The number of aryl methyl sites for hydroxylation is 1. The Labute approximate surface area is 169 Å². The molecule has 2 heterocycles. The highest BCUT2D eigenvalue weighted by Crippen LogP contribution is 2.40. The van der Waals surface area contributed by atoms with Crippen LogP contribution < -0.4 is 14.2 Å². The molecule has 1 atom stereocenters. The van der Waals surface area contributed by atoms with Gasteiger partial charge in [-0.2, -0.15) is 16.1 Å². The molecule has 0 bridgehead atoms. The highest BCUT2D eigenvalue weighted by atomic mass is 32.2. The van der Waals surface area contributed by atoms with Crippen molar-refractivity contribution >= 4 is 21.8 Å². The summed E-state index contributed by atoms with van der Waals surface area (Å²) < 4.78 is 43.9. The topological polar surface area (TPSA) is 65.1 Å². The van der Waals surface area contributed by atoms with Gasteiger partial charge in [-0.05, 0) is 54.8 Å². The zero-order valence-electron chi connectivity index (χ0n) is 15.9. The molecule has 8 heteroatoms. The fourth-order valence-corrected chi connectivity index (χ4v) is 6.41. The van der Waals surface area contributed by atoms with Gasteiger partial charge in [0.25, 0.3) is 0 Å². The predicted molar refractivity (Wildman–Crippen MR) is 109 cm³/mol. The van der Waals surface area contributed by atoms with Crippen LogP contribution in [0.5, 0.6) is 17.2 Å². The van der Waals surface area contributed by atoms with Crippen LogP contribution in [0.3, 0.4) is 0 Å². The molecule has 0 saturated carbocycles. The molecular weight excluding hydrogens is 398 g/mol. The first-order chi connectivity index (χ1) is 13.5. The summed E-state index contributed by atoms with van der Waals surface area (Å²) in [6.45, 7) is 3.09. The molecule has 2 aromatic carbocycles. The Balaban J connectivity index is 1.51. The van der Waals surface area contributed by atoms with E-state index in [1.807, 2.05) is 25.1 Å². The van der Waals surface area contributed by atoms with E-state index in [2.05, 4.69) is 0 Å². The molecule has 6 nitrogen and oxygen atoms in total. The molecule has 4 rings (SSSR count). The minimum Gasteiger partial charge on any atom is -0.496 e. The summed E-state index contributed by atoms with van der Waals surface area (Å²) in [5, 5.41) is 0.229. The van der Waals surface area contributed by atoms with Gasteiger partial charge in [0, 0.05) is 24.1 Å². The van der Waals surface area contributed by atoms with Gasteiger partial charge in [-0.25, -0.2) is 8.42 Å². The van der Waals surface area contributed by atoms with Crippen molar-refractivity contribution in [3.05, 3.63) is 47.5 Å². The first-order valence-corrected chi connectivity index (χ1v) is 11.6. The van der Waals surface area contributed by atoms with Crippen molar-refractivity contribution in [3.8, 4) is 17.2 Å². The number of methoxy groups -OCH3 is 1. The fraction of sp³-hybridized carbons (Fsp3) is 0.400. The van der Waals surface area contributed by atoms with Crippen LogP contribution in [0.25, 0.3) is 0 Å². The van der Waals surface area contributed by atoms with E-state index in [1.54, 1.807) is 41.4 Å². The third-order valence-corrected chi connectivity index (χ3v) is 8.30. The van der Waals surface area contributed by atoms with Gasteiger partial charge in [0.1, 0.15) is 5.75 Å². The summed E-state index contributed by atoms with van der Waals surface area (Å²) >= 11 is 1.78. The van der Waals surface area contributed by atoms with Gasteiger partial charge in [-0.1, -0.05) is 6.07 Å². The van der Waals surface area contributed by atoms with Crippen molar-refractivity contribution in [1.82, 2.24) is 4.31 Å². The van der Waals surface area contributed by atoms with Crippen LogP contribution in [-0.4, -0.2) is 45.5 Å². The number of fused-ring (bicyclic) bond motifs is 1. The summed E-state index contributed by atoms with van der Waals surface area (Å²) in [7, 11) is -1.95. The Morgan fingerprint density at radius 2 is 1.93 bits per heavy atom. The zero-order chi connectivity index (χ0) is 19.7. The quantitative estimate of drug-likeness (QED) is 0.752. The standard InChI is InChI=1S/C20H23NO5S2/c1-14-11-16(4-6-17(14)24-2)28(22,23)21-8-7-20(27-10-9-21)15-3-5-18-19(12-15)26-13-25-18/h3-6,11-12,20H,7-10,13H2,1-2H3. The third-order valence-electron chi connectivity index (χ3n) is 5.07. The molecular formula is C20H23NO5S2. The minimum absolute atomic E-state index is 0.229. The molecule has 150 valence electrons. The van der Waals surface area contributed by atoms with Gasteiger partial charge < -0.3 is 14.2 Å². The maximum atomic E-state index is 13.1. The molecule has 1 saturated heterocycles. The molecule has 1 unspecified atom stereocenters. The molecule has 0 aliphatic carbocycles. The van der Waals surface area contributed by atoms with E-state index in [-0.39, 0.29) is 12.0 Å². The van der Waals surface area contributed by atoms with Gasteiger partial charge in [0.15, 0.2) is 11.5 Å². The Bertz CT molecular complexity index is 977. The number of hydrogen-bond donors (Lipinski definition) is 0. The van der Waals surface area contributed by atoms with Crippen molar-refractivity contribution in [2.45, 2.75) is 23.5 Å². The summed E-state index contributed by atoms with van der Waals surface area (Å²) in [4.78, 5) is 0.317. The largest absolute Gasteiger partial charge is 0.496 e. The average molecular weight is 422 g/mol. The van der Waals surface area contributed by atoms with E-state index >= 15 is 0 Å². The van der Waals surface area contributed by atoms with Crippen LogP contribution in [-0.2, 0) is 10.0 Å². The van der Waals surface area contributed by atoms with E-state index in [4.69, 9.17) is 14.2 Å². The molecule has 2 aromatic rings. The van der Waals surface area contributed by atoms with Crippen LogP contribution >= 0.6 is 11.8 Å². The van der Waals surface area contributed by atoms with E-state index in [9.17, 15) is 8.42 Å². The monoisotopic (exact) mass is 421 g/mol. The maximum absolute atomic E-state index is 13.1. The van der Waals surface area contributed by atoms with Crippen LogP contribution in [0.4, 0.5) is 0 Å². The number of rotatable bonds is 4. The van der Waals surface area contributed by atoms with Crippen molar-refractivity contribution < 1.29 is 22.6 Å². The normalized spacial score (nSPS) is 20.0. The van der Waals surface area contributed by atoms with Gasteiger partial charge in [-0.3, -0.25) is 0 Å². The number of thioether (sulfide) groups is 1. The second-order valence-electron chi connectivity index (χ2n) is 6.80. The van der Waals surface area contributed by atoms with Crippen molar-refractivity contribution in [1.29, 1.82) is 0 Å². The Kier molecular flexibility index (Phi) is 5.44. The highest BCUT2D eigenvalue weighted by Gasteiger charge is 2.29. The van der Waals surface area contributed by atoms with E-state index in [0.717, 1.165) is 34.8 Å². The third kappa shape index (κ3) is 3.68. The van der Waals surface area contributed by atoms with Gasteiger partial charge in [0.2, 0.25) is 16.8 Å². The Morgan fingerprint density at radius 1 is 1.11 bits per heavy atom.